The predicted octanol–water partition coefficient (Wildman–Crippen LogP) is 1.69. The van der Waals surface area contributed by atoms with Crippen LogP contribution in [0.25, 0.3) is 0 Å². The van der Waals surface area contributed by atoms with Crippen LogP contribution in [0.3, 0.4) is 0 Å². The number of rotatable bonds is 4. The van der Waals surface area contributed by atoms with E-state index in [1.807, 2.05) is 23.8 Å². The van der Waals surface area contributed by atoms with Gasteiger partial charge < -0.3 is 20.1 Å². The van der Waals surface area contributed by atoms with Gasteiger partial charge in [0, 0.05) is 13.1 Å². The minimum atomic E-state index is -0.920. The number of aliphatic carboxylic acids is 1. The SMILES string of the molecule is CC1CN(C(=O)NCCC(=O)O)CC(c2ccsc2)O1. The molecule has 0 aromatic carbocycles. The Hall–Kier alpha value is -1.60. The summed E-state index contributed by atoms with van der Waals surface area (Å²) >= 11 is 1.60. The standard InChI is InChI=1S/C13H18N2O4S/c1-9-6-15(13(18)14-4-2-12(16)17)7-11(19-9)10-3-5-20-8-10/h3,5,8-9,11H,2,4,6-7H2,1H3,(H,14,18)(H,16,17). The van der Waals surface area contributed by atoms with Crippen molar-refractivity contribution in [2.45, 2.75) is 25.6 Å². The Morgan fingerprint density at radius 1 is 1.55 bits per heavy atom. The molecule has 2 amide bonds. The van der Waals surface area contributed by atoms with Gasteiger partial charge in [-0.15, -0.1) is 0 Å². The average molecular weight is 298 g/mol. The van der Waals surface area contributed by atoms with E-state index in [2.05, 4.69) is 5.32 Å². The first kappa shape index (κ1) is 14.8. The summed E-state index contributed by atoms with van der Waals surface area (Å²) in [6.07, 6.45) is -0.228. The number of amides is 2. The third kappa shape index (κ3) is 3.94. The summed E-state index contributed by atoms with van der Waals surface area (Å²) in [6, 6.07) is 1.76. The van der Waals surface area contributed by atoms with Gasteiger partial charge in [-0.2, -0.15) is 11.3 Å². The Morgan fingerprint density at radius 2 is 2.35 bits per heavy atom. The van der Waals surface area contributed by atoms with Crippen molar-refractivity contribution in [3.05, 3.63) is 22.4 Å². The smallest absolute Gasteiger partial charge is 0.317 e. The van der Waals surface area contributed by atoms with Crippen LogP contribution in [0.2, 0.25) is 0 Å². The predicted molar refractivity (Wildman–Crippen MR) is 74.8 cm³/mol. The van der Waals surface area contributed by atoms with E-state index in [1.165, 1.54) is 0 Å². The maximum atomic E-state index is 12.0. The number of hydrogen-bond acceptors (Lipinski definition) is 4. The number of ether oxygens (including phenoxy) is 1. The molecule has 1 aromatic rings. The number of nitrogens with zero attached hydrogens (tertiary/aromatic N) is 1. The molecule has 2 atom stereocenters. The monoisotopic (exact) mass is 298 g/mol. The Balaban J connectivity index is 1.90. The lowest BCUT2D eigenvalue weighted by Crippen LogP contribution is -2.50. The summed E-state index contributed by atoms with van der Waals surface area (Å²) in [5.74, 6) is -0.920. The zero-order valence-corrected chi connectivity index (χ0v) is 12.1. The molecular weight excluding hydrogens is 280 g/mol. The highest BCUT2D eigenvalue weighted by molar-refractivity contribution is 7.07. The molecule has 0 saturated carbocycles. The van der Waals surface area contributed by atoms with Crippen molar-refractivity contribution < 1.29 is 19.4 Å². The summed E-state index contributed by atoms with van der Waals surface area (Å²) in [6.45, 7) is 3.07. The van der Waals surface area contributed by atoms with E-state index in [0.717, 1.165) is 5.56 Å². The van der Waals surface area contributed by atoms with Gasteiger partial charge >= 0.3 is 12.0 Å². The van der Waals surface area contributed by atoms with Gasteiger partial charge in [-0.1, -0.05) is 0 Å². The van der Waals surface area contributed by atoms with Crippen molar-refractivity contribution >= 4 is 23.3 Å². The lowest BCUT2D eigenvalue weighted by molar-refractivity contribution is -0.136. The van der Waals surface area contributed by atoms with Crippen LogP contribution in [-0.2, 0) is 9.53 Å². The molecule has 0 radical (unpaired) electrons. The van der Waals surface area contributed by atoms with Crippen LogP contribution < -0.4 is 5.32 Å². The normalized spacial score (nSPS) is 22.6. The number of carbonyl (C=O) groups is 2. The minimum Gasteiger partial charge on any atom is -0.481 e. The molecule has 6 nitrogen and oxygen atoms in total. The fourth-order valence-corrected chi connectivity index (χ4v) is 2.85. The Kier molecular flexibility index (Phi) is 4.97. The van der Waals surface area contributed by atoms with Gasteiger partial charge in [-0.05, 0) is 29.3 Å². The first-order valence-corrected chi connectivity index (χ1v) is 7.42. The molecule has 1 aromatic heterocycles. The Morgan fingerprint density at radius 3 is 3.00 bits per heavy atom. The van der Waals surface area contributed by atoms with Crippen molar-refractivity contribution in [3.63, 3.8) is 0 Å². The number of nitrogens with one attached hydrogen (secondary N) is 1. The molecule has 1 saturated heterocycles. The van der Waals surface area contributed by atoms with Crippen LogP contribution in [0.1, 0.15) is 25.0 Å². The van der Waals surface area contributed by atoms with Gasteiger partial charge in [0.1, 0.15) is 6.10 Å². The molecular formula is C13H18N2O4S. The van der Waals surface area contributed by atoms with E-state index in [4.69, 9.17) is 9.84 Å². The first-order chi connectivity index (χ1) is 9.56. The lowest BCUT2D eigenvalue weighted by Gasteiger charge is -2.36. The van der Waals surface area contributed by atoms with Crippen LogP contribution in [0.15, 0.2) is 16.8 Å². The van der Waals surface area contributed by atoms with E-state index < -0.39 is 5.97 Å². The second kappa shape index (κ2) is 6.71. The van der Waals surface area contributed by atoms with Crippen molar-refractivity contribution in [2.24, 2.45) is 0 Å². The van der Waals surface area contributed by atoms with Crippen molar-refractivity contribution in [1.29, 1.82) is 0 Å². The zero-order valence-electron chi connectivity index (χ0n) is 11.2. The number of urea groups is 1. The molecule has 2 heterocycles. The van der Waals surface area contributed by atoms with Crippen molar-refractivity contribution in [1.82, 2.24) is 10.2 Å². The van der Waals surface area contributed by atoms with Crippen LogP contribution in [0.5, 0.6) is 0 Å². The number of hydrogen-bond donors (Lipinski definition) is 2. The molecule has 0 spiro atoms. The summed E-state index contributed by atoms with van der Waals surface area (Å²) in [4.78, 5) is 24.1. The van der Waals surface area contributed by atoms with E-state index in [9.17, 15) is 9.59 Å². The summed E-state index contributed by atoms with van der Waals surface area (Å²) < 4.78 is 5.84. The number of carbonyl (C=O) groups excluding carboxylic acids is 1. The van der Waals surface area contributed by atoms with Crippen LogP contribution in [0.4, 0.5) is 4.79 Å². The molecule has 110 valence electrons. The molecule has 2 rings (SSSR count). The van der Waals surface area contributed by atoms with E-state index in [-0.39, 0.29) is 31.2 Å². The van der Waals surface area contributed by atoms with E-state index >= 15 is 0 Å². The Bertz CT molecular complexity index is 463. The van der Waals surface area contributed by atoms with E-state index in [1.54, 1.807) is 16.2 Å². The van der Waals surface area contributed by atoms with Crippen LogP contribution in [0, 0.1) is 0 Å². The summed E-state index contributed by atoms with van der Waals surface area (Å²) in [7, 11) is 0. The zero-order chi connectivity index (χ0) is 14.5. The van der Waals surface area contributed by atoms with Crippen LogP contribution in [-0.4, -0.2) is 47.7 Å². The third-order valence-corrected chi connectivity index (χ3v) is 3.78. The number of morpholine rings is 1. The molecule has 1 aliphatic rings. The quantitative estimate of drug-likeness (QED) is 0.886. The molecule has 2 N–H and O–H groups in total. The highest BCUT2D eigenvalue weighted by Crippen LogP contribution is 2.26. The first-order valence-electron chi connectivity index (χ1n) is 6.48. The highest BCUT2D eigenvalue weighted by atomic mass is 32.1. The van der Waals surface area contributed by atoms with Crippen LogP contribution >= 0.6 is 11.3 Å². The van der Waals surface area contributed by atoms with Gasteiger partial charge in [0.15, 0.2) is 0 Å². The number of carboxylic acid groups (broad SMARTS) is 1. The molecule has 0 bridgehead atoms. The minimum absolute atomic E-state index is 0.0427. The third-order valence-electron chi connectivity index (χ3n) is 3.08. The Labute approximate surface area is 121 Å². The molecule has 1 fully saturated rings. The number of thiophene rings is 1. The maximum Gasteiger partial charge on any atom is 0.317 e. The van der Waals surface area contributed by atoms with Gasteiger partial charge in [0.2, 0.25) is 0 Å². The second-order valence-electron chi connectivity index (χ2n) is 4.77. The molecule has 2 unspecified atom stereocenters. The fourth-order valence-electron chi connectivity index (χ4n) is 2.15. The van der Waals surface area contributed by atoms with Gasteiger partial charge in [0.25, 0.3) is 0 Å². The second-order valence-corrected chi connectivity index (χ2v) is 5.55. The van der Waals surface area contributed by atoms with Crippen molar-refractivity contribution in [2.75, 3.05) is 19.6 Å². The molecule has 7 heteroatoms. The summed E-state index contributed by atoms with van der Waals surface area (Å²) in [5.41, 5.74) is 1.07. The maximum absolute atomic E-state index is 12.0. The molecule has 1 aliphatic heterocycles. The topological polar surface area (TPSA) is 78.9 Å². The van der Waals surface area contributed by atoms with Gasteiger partial charge in [0.05, 0.1) is 19.1 Å². The average Bonchev–Trinajstić information content (AvgIpc) is 2.91. The largest absolute Gasteiger partial charge is 0.481 e. The van der Waals surface area contributed by atoms with Gasteiger partial charge in [-0.25, -0.2) is 4.79 Å². The van der Waals surface area contributed by atoms with Crippen molar-refractivity contribution in [3.8, 4) is 0 Å². The van der Waals surface area contributed by atoms with Gasteiger partial charge in [-0.3, -0.25) is 4.79 Å². The summed E-state index contributed by atoms with van der Waals surface area (Å²) in [5, 5.41) is 15.2. The molecule has 20 heavy (non-hydrogen) atoms. The number of carboxylic acids is 1. The molecule has 0 aliphatic carbocycles. The fraction of sp³-hybridized carbons (Fsp3) is 0.538. The van der Waals surface area contributed by atoms with E-state index in [0.29, 0.717) is 13.1 Å². The highest BCUT2D eigenvalue weighted by Gasteiger charge is 2.29. The lowest BCUT2D eigenvalue weighted by atomic mass is 10.1.